The van der Waals surface area contributed by atoms with Crippen molar-refractivity contribution >= 4 is 9.53 Å². The van der Waals surface area contributed by atoms with Crippen LogP contribution in [-0.2, 0) is 13.3 Å². The SMILES string of the molecule is C1CC1.CO[SiH](OC)OC.NCCN. The van der Waals surface area contributed by atoms with Gasteiger partial charge in [0.1, 0.15) is 0 Å². The van der Waals surface area contributed by atoms with E-state index in [0.29, 0.717) is 13.1 Å². The van der Waals surface area contributed by atoms with Gasteiger partial charge in [0.25, 0.3) is 0 Å². The van der Waals surface area contributed by atoms with Crippen molar-refractivity contribution in [1.82, 2.24) is 0 Å². The Morgan fingerprint density at radius 3 is 1.14 bits per heavy atom. The highest BCUT2D eigenvalue weighted by Crippen LogP contribution is 2.14. The molecule has 4 N–H and O–H groups in total. The van der Waals surface area contributed by atoms with Crippen molar-refractivity contribution in [2.45, 2.75) is 19.3 Å². The van der Waals surface area contributed by atoms with Crippen LogP contribution in [0.5, 0.6) is 0 Å². The molecule has 0 unspecified atom stereocenters. The molecule has 0 aromatic heterocycles. The quantitative estimate of drug-likeness (QED) is 0.642. The number of hydrogen-bond donors (Lipinski definition) is 2. The Morgan fingerprint density at radius 1 is 0.857 bits per heavy atom. The summed E-state index contributed by atoms with van der Waals surface area (Å²) in [6.45, 7) is 1.19. The lowest BCUT2D eigenvalue weighted by molar-refractivity contribution is 0.163. The van der Waals surface area contributed by atoms with Gasteiger partial charge in [0, 0.05) is 34.4 Å². The highest BCUT2D eigenvalue weighted by Gasteiger charge is 2.04. The van der Waals surface area contributed by atoms with Crippen LogP contribution in [0.1, 0.15) is 19.3 Å². The molecular weight excluding hydrogens is 200 g/mol. The van der Waals surface area contributed by atoms with E-state index in [4.69, 9.17) is 24.7 Å². The van der Waals surface area contributed by atoms with Gasteiger partial charge in [-0.15, -0.1) is 0 Å². The lowest BCUT2D eigenvalue weighted by Gasteiger charge is -2.05. The van der Waals surface area contributed by atoms with Crippen LogP contribution >= 0.6 is 0 Å². The molecule has 0 amide bonds. The summed E-state index contributed by atoms with van der Waals surface area (Å²) in [4.78, 5) is 0. The van der Waals surface area contributed by atoms with Gasteiger partial charge in [0.15, 0.2) is 0 Å². The van der Waals surface area contributed by atoms with Crippen molar-refractivity contribution in [2.24, 2.45) is 11.5 Å². The lowest BCUT2D eigenvalue weighted by Crippen LogP contribution is -2.21. The van der Waals surface area contributed by atoms with E-state index in [1.807, 2.05) is 0 Å². The summed E-state index contributed by atoms with van der Waals surface area (Å²) >= 11 is 0. The monoisotopic (exact) mass is 224 g/mol. The Labute approximate surface area is 88.7 Å². The number of nitrogens with two attached hydrogens (primary N) is 2. The van der Waals surface area contributed by atoms with E-state index < -0.39 is 9.53 Å². The third kappa shape index (κ3) is 22.7. The van der Waals surface area contributed by atoms with Crippen molar-refractivity contribution < 1.29 is 13.3 Å². The molecule has 0 atom stereocenters. The summed E-state index contributed by atoms with van der Waals surface area (Å²) in [5, 5.41) is 0. The van der Waals surface area contributed by atoms with Crippen LogP contribution in [0.25, 0.3) is 0 Å². The van der Waals surface area contributed by atoms with Crippen LogP contribution in [0, 0.1) is 0 Å². The van der Waals surface area contributed by atoms with Crippen LogP contribution in [-0.4, -0.2) is 43.9 Å². The largest absolute Gasteiger partial charge is 0.483 e. The first-order chi connectivity index (χ1) is 6.76. The zero-order valence-corrected chi connectivity index (χ0v) is 10.6. The predicted molar refractivity (Wildman–Crippen MR) is 60.1 cm³/mol. The first-order valence-electron chi connectivity index (χ1n) is 4.75. The zero-order chi connectivity index (χ0) is 11.2. The molecule has 1 fully saturated rings. The summed E-state index contributed by atoms with van der Waals surface area (Å²) in [5.74, 6) is 0. The third-order valence-corrected chi connectivity index (χ3v) is 2.25. The molecule has 6 heteroatoms. The third-order valence-electron chi connectivity index (χ3n) is 1.10. The molecule has 0 spiro atoms. The molecule has 14 heavy (non-hydrogen) atoms. The molecule has 1 aliphatic rings. The molecule has 0 aromatic carbocycles. The second-order valence-corrected chi connectivity index (χ2v) is 4.63. The molecule has 88 valence electrons. The van der Waals surface area contributed by atoms with E-state index in [-0.39, 0.29) is 0 Å². The average Bonchev–Trinajstić information content (AvgIpc) is 3.08. The van der Waals surface area contributed by atoms with E-state index in [2.05, 4.69) is 0 Å². The zero-order valence-electron chi connectivity index (χ0n) is 9.49. The second-order valence-electron chi connectivity index (χ2n) is 2.63. The topological polar surface area (TPSA) is 79.7 Å². The van der Waals surface area contributed by atoms with Crippen molar-refractivity contribution in [3.63, 3.8) is 0 Å². The molecule has 0 aliphatic heterocycles. The summed E-state index contributed by atoms with van der Waals surface area (Å²) in [5.41, 5.74) is 9.81. The van der Waals surface area contributed by atoms with Crippen molar-refractivity contribution in [2.75, 3.05) is 34.4 Å². The van der Waals surface area contributed by atoms with Gasteiger partial charge < -0.3 is 24.7 Å². The van der Waals surface area contributed by atoms with Gasteiger partial charge in [-0.2, -0.15) is 0 Å². The van der Waals surface area contributed by atoms with E-state index in [9.17, 15) is 0 Å². The van der Waals surface area contributed by atoms with Crippen LogP contribution in [0.15, 0.2) is 0 Å². The van der Waals surface area contributed by atoms with E-state index in [0.717, 1.165) is 0 Å². The van der Waals surface area contributed by atoms with Crippen LogP contribution < -0.4 is 11.5 Å². The first kappa shape index (κ1) is 16.4. The molecule has 1 aliphatic carbocycles. The fourth-order valence-corrected chi connectivity index (χ4v) is 0.866. The molecule has 0 saturated heterocycles. The Balaban J connectivity index is 0. The molecule has 0 bridgehead atoms. The lowest BCUT2D eigenvalue weighted by atomic mass is 10.7. The molecule has 1 rings (SSSR count). The van der Waals surface area contributed by atoms with Gasteiger partial charge in [-0.3, -0.25) is 0 Å². The van der Waals surface area contributed by atoms with E-state index in [1.165, 1.54) is 19.3 Å². The second kappa shape index (κ2) is 15.5. The van der Waals surface area contributed by atoms with Crippen molar-refractivity contribution in [3.8, 4) is 0 Å². The summed E-state index contributed by atoms with van der Waals surface area (Å²) in [7, 11) is 3.05. The maximum Gasteiger partial charge on any atom is 0.483 e. The first-order valence-corrected chi connectivity index (χ1v) is 6.16. The minimum absolute atomic E-state index is 0.597. The Bertz CT molecular complexity index is 82.4. The fourth-order valence-electron chi connectivity index (χ4n) is 0.289. The van der Waals surface area contributed by atoms with E-state index >= 15 is 0 Å². The van der Waals surface area contributed by atoms with Gasteiger partial charge >= 0.3 is 9.53 Å². The minimum Gasteiger partial charge on any atom is -0.379 e. The maximum atomic E-state index is 4.90. The smallest absolute Gasteiger partial charge is 0.379 e. The van der Waals surface area contributed by atoms with Gasteiger partial charge in [0.05, 0.1) is 0 Å². The Hall–Kier alpha value is 0.0169. The molecule has 0 aromatic rings. The average molecular weight is 224 g/mol. The normalized spacial score (nSPS) is 12.4. The maximum absolute atomic E-state index is 4.90. The van der Waals surface area contributed by atoms with Crippen LogP contribution in [0.2, 0.25) is 0 Å². The molecule has 5 nitrogen and oxygen atoms in total. The summed E-state index contributed by atoms with van der Waals surface area (Å²) in [6.07, 6.45) is 4.50. The standard InChI is InChI=1S/C3H10O3Si.C3H6.C2H8N2/c1-4-7(5-2)6-3;1-2-3-1;3-1-2-4/h7H,1-3H3;1-3H2;1-4H2. The predicted octanol–water partition coefficient (Wildman–Crippen LogP) is -0.283. The molecular formula is C8H24N2O3Si. The fraction of sp³-hybridized carbons (Fsp3) is 1.00. The van der Waals surface area contributed by atoms with Crippen LogP contribution in [0.3, 0.4) is 0 Å². The molecule has 0 heterocycles. The van der Waals surface area contributed by atoms with Gasteiger partial charge in [0.2, 0.25) is 0 Å². The number of rotatable bonds is 4. The molecule has 1 saturated carbocycles. The van der Waals surface area contributed by atoms with Crippen molar-refractivity contribution in [3.05, 3.63) is 0 Å². The van der Waals surface area contributed by atoms with E-state index in [1.54, 1.807) is 21.3 Å². The summed E-state index contributed by atoms with van der Waals surface area (Å²) in [6, 6.07) is 0. The van der Waals surface area contributed by atoms with Crippen molar-refractivity contribution in [1.29, 1.82) is 0 Å². The molecule has 0 radical (unpaired) electrons. The highest BCUT2D eigenvalue weighted by atomic mass is 28.3. The summed E-state index contributed by atoms with van der Waals surface area (Å²) < 4.78 is 14.2. The van der Waals surface area contributed by atoms with Crippen LogP contribution in [0.4, 0.5) is 0 Å². The highest BCUT2D eigenvalue weighted by molar-refractivity contribution is 6.36. The van der Waals surface area contributed by atoms with Gasteiger partial charge in [-0.1, -0.05) is 19.3 Å². The number of hydrogen-bond acceptors (Lipinski definition) is 5. The Kier molecular flexibility index (Phi) is 18.2. The van der Waals surface area contributed by atoms with Gasteiger partial charge in [-0.05, 0) is 0 Å². The van der Waals surface area contributed by atoms with Gasteiger partial charge in [-0.25, -0.2) is 0 Å². The minimum atomic E-state index is -1.67. The Morgan fingerprint density at radius 2 is 1.14 bits per heavy atom.